The van der Waals surface area contributed by atoms with Crippen molar-refractivity contribution in [2.24, 2.45) is 0 Å². The number of carbonyl (C=O) groups excluding carboxylic acids is 1. The van der Waals surface area contributed by atoms with Crippen molar-refractivity contribution in [1.82, 2.24) is 14.7 Å². The largest absolute Gasteiger partial charge is 0.388 e. The lowest BCUT2D eigenvalue weighted by atomic mass is 9.96. The number of rotatable bonds is 3. The Morgan fingerprint density at radius 3 is 2.75 bits per heavy atom. The van der Waals surface area contributed by atoms with Gasteiger partial charge in [0, 0.05) is 6.54 Å². The molecule has 3 rings (SSSR count). The predicted octanol–water partition coefficient (Wildman–Crippen LogP) is 3.21. The predicted molar refractivity (Wildman–Crippen MR) is 93.7 cm³/mol. The van der Waals surface area contributed by atoms with Gasteiger partial charge < -0.3 is 10.0 Å². The lowest BCUT2D eigenvalue weighted by Gasteiger charge is -2.33. The van der Waals surface area contributed by atoms with E-state index >= 15 is 0 Å². The maximum absolute atomic E-state index is 13.0. The van der Waals surface area contributed by atoms with E-state index in [-0.39, 0.29) is 11.9 Å². The molecular formula is C18H22ClN3O2. The molecule has 1 amide bonds. The van der Waals surface area contributed by atoms with Gasteiger partial charge in [-0.2, -0.15) is 5.10 Å². The van der Waals surface area contributed by atoms with Crippen LogP contribution < -0.4 is 0 Å². The van der Waals surface area contributed by atoms with Crippen LogP contribution in [0.3, 0.4) is 0 Å². The molecule has 1 saturated heterocycles. The Hall–Kier alpha value is -1.85. The maximum atomic E-state index is 13.0. The Kier molecular flexibility index (Phi) is 4.40. The molecule has 1 aliphatic heterocycles. The van der Waals surface area contributed by atoms with Crippen molar-refractivity contribution in [1.29, 1.82) is 0 Å². The molecule has 0 radical (unpaired) electrons. The summed E-state index contributed by atoms with van der Waals surface area (Å²) in [6.45, 7) is 6.02. The fourth-order valence-corrected chi connectivity index (χ4v) is 3.60. The summed E-state index contributed by atoms with van der Waals surface area (Å²) in [5, 5.41) is 15.3. The highest BCUT2D eigenvalue weighted by Crippen LogP contribution is 2.29. The topological polar surface area (TPSA) is 58.4 Å². The number of amides is 1. The van der Waals surface area contributed by atoms with Crippen molar-refractivity contribution in [3.05, 3.63) is 46.7 Å². The number of halogens is 1. The lowest BCUT2D eigenvalue weighted by molar-refractivity contribution is 0.000301. The molecule has 1 aromatic carbocycles. The van der Waals surface area contributed by atoms with Gasteiger partial charge in [-0.15, -0.1) is 0 Å². The second-order valence-corrected chi connectivity index (χ2v) is 7.22. The molecule has 6 heteroatoms. The highest BCUT2D eigenvalue weighted by Gasteiger charge is 2.39. The van der Waals surface area contributed by atoms with Crippen LogP contribution in [0.4, 0.5) is 0 Å². The Morgan fingerprint density at radius 2 is 2.08 bits per heavy atom. The van der Waals surface area contributed by atoms with E-state index in [2.05, 4.69) is 5.10 Å². The monoisotopic (exact) mass is 347 g/mol. The number of carbonyl (C=O) groups is 1. The third-order valence-corrected chi connectivity index (χ3v) is 4.97. The SMILES string of the molecule is Cc1c(C(=O)N2CCCC2C(C)(C)O)cnn1-c1ccccc1Cl. The average Bonchev–Trinajstić information content (AvgIpc) is 3.14. The Balaban J connectivity index is 1.94. The molecule has 1 aromatic heterocycles. The smallest absolute Gasteiger partial charge is 0.257 e. The highest BCUT2D eigenvalue weighted by atomic mass is 35.5. The first-order chi connectivity index (χ1) is 11.3. The van der Waals surface area contributed by atoms with E-state index in [4.69, 9.17) is 11.6 Å². The molecule has 0 aliphatic carbocycles. The molecule has 2 aromatic rings. The standard InChI is InChI=1S/C18H22ClN3O2/c1-12-13(11-20-22(12)15-8-5-4-7-14(15)19)17(23)21-10-6-9-16(21)18(2,3)24/h4-5,7-8,11,16,24H,6,9-10H2,1-3H3. The van der Waals surface area contributed by atoms with Crippen LogP contribution in [0.15, 0.2) is 30.5 Å². The van der Waals surface area contributed by atoms with Crippen molar-refractivity contribution in [2.45, 2.75) is 45.3 Å². The normalized spacial score (nSPS) is 18.2. The molecule has 1 atom stereocenters. The van der Waals surface area contributed by atoms with Gasteiger partial charge in [0.2, 0.25) is 0 Å². The summed E-state index contributed by atoms with van der Waals surface area (Å²) in [6.07, 6.45) is 3.30. The van der Waals surface area contributed by atoms with E-state index < -0.39 is 5.60 Å². The molecule has 0 bridgehead atoms. The van der Waals surface area contributed by atoms with Gasteiger partial charge in [0.25, 0.3) is 5.91 Å². The summed E-state index contributed by atoms with van der Waals surface area (Å²) < 4.78 is 1.69. The van der Waals surface area contributed by atoms with Crippen molar-refractivity contribution < 1.29 is 9.90 Å². The molecule has 1 unspecified atom stereocenters. The van der Waals surface area contributed by atoms with Crippen LogP contribution in [0.5, 0.6) is 0 Å². The number of hydrogen-bond donors (Lipinski definition) is 1. The second kappa shape index (κ2) is 6.22. The van der Waals surface area contributed by atoms with Gasteiger partial charge in [0.15, 0.2) is 0 Å². The average molecular weight is 348 g/mol. The minimum absolute atomic E-state index is 0.0876. The van der Waals surface area contributed by atoms with Crippen LogP contribution in [0.25, 0.3) is 5.69 Å². The third kappa shape index (κ3) is 2.94. The fraction of sp³-hybridized carbons (Fsp3) is 0.444. The van der Waals surface area contributed by atoms with Gasteiger partial charge >= 0.3 is 0 Å². The van der Waals surface area contributed by atoms with Crippen LogP contribution in [0, 0.1) is 6.92 Å². The van der Waals surface area contributed by atoms with E-state index in [0.29, 0.717) is 17.1 Å². The van der Waals surface area contributed by atoms with Crippen LogP contribution in [-0.4, -0.2) is 43.9 Å². The Labute approximate surface area is 146 Å². The minimum Gasteiger partial charge on any atom is -0.388 e. The summed E-state index contributed by atoms with van der Waals surface area (Å²) in [7, 11) is 0. The van der Waals surface area contributed by atoms with E-state index in [1.807, 2.05) is 25.1 Å². The lowest BCUT2D eigenvalue weighted by Crippen LogP contribution is -2.48. The van der Waals surface area contributed by atoms with Gasteiger partial charge in [-0.25, -0.2) is 4.68 Å². The van der Waals surface area contributed by atoms with Gasteiger partial charge in [-0.05, 0) is 45.7 Å². The van der Waals surface area contributed by atoms with Crippen molar-refractivity contribution in [2.75, 3.05) is 6.54 Å². The Morgan fingerprint density at radius 1 is 1.38 bits per heavy atom. The molecular weight excluding hydrogens is 326 g/mol. The van der Waals surface area contributed by atoms with Crippen LogP contribution in [0.2, 0.25) is 5.02 Å². The number of benzene rings is 1. The van der Waals surface area contributed by atoms with Crippen molar-refractivity contribution >= 4 is 17.5 Å². The number of aromatic nitrogens is 2. The van der Waals surface area contributed by atoms with E-state index in [1.165, 1.54) is 0 Å². The second-order valence-electron chi connectivity index (χ2n) is 6.82. The Bertz CT molecular complexity index is 764. The highest BCUT2D eigenvalue weighted by molar-refractivity contribution is 6.32. The maximum Gasteiger partial charge on any atom is 0.257 e. The summed E-state index contributed by atoms with van der Waals surface area (Å²) in [4.78, 5) is 14.7. The zero-order valence-electron chi connectivity index (χ0n) is 14.2. The van der Waals surface area contributed by atoms with Crippen molar-refractivity contribution in [3.8, 4) is 5.69 Å². The first kappa shape index (κ1) is 17.0. The molecule has 1 aliphatic rings. The quantitative estimate of drug-likeness (QED) is 0.927. The molecule has 1 fully saturated rings. The summed E-state index contributed by atoms with van der Waals surface area (Å²) in [6, 6.07) is 7.23. The number of hydrogen-bond acceptors (Lipinski definition) is 3. The summed E-state index contributed by atoms with van der Waals surface area (Å²) in [5.74, 6) is -0.0876. The van der Waals surface area contributed by atoms with Gasteiger partial charge in [-0.3, -0.25) is 4.79 Å². The number of aliphatic hydroxyl groups is 1. The molecule has 1 N–H and O–H groups in total. The molecule has 24 heavy (non-hydrogen) atoms. The zero-order valence-corrected chi connectivity index (χ0v) is 14.9. The zero-order chi connectivity index (χ0) is 17.5. The first-order valence-electron chi connectivity index (χ1n) is 8.13. The van der Waals surface area contributed by atoms with Gasteiger partial charge in [-0.1, -0.05) is 23.7 Å². The van der Waals surface area contributed by atoms with E-state index in [1.54, 1.807) is 35.7 Å². The summed E-state index contributed by atoms with van der Waals surface area (Å²) >= 11 is 6.24. The van der Waals surface area contributed by atoms with Gasteiger partial charge in [0.1, 0.15) is 0 Å². The summed E-state index contributed by atoms with van der Waals surface area (Å²) in [5.41, 5.74) is 1.12. The van der Waals surface area contributed by atoms with Crippen LogP contribution >= 0.6 is 11.6 Å². The number of para-hydroxylation sites is 1. The van der Waals surface area contributed by atoms with E-state index in [0.717, 1.165) is 24.2 Å². The third-order valence-electron chi connectivity index (χ3n) is 4.65. The first-order valence-corrected chi connectivity index (χ1v) is 8.51. The van der Waals surface area contributed by atoms with Gasteiger partial charge in [0.05, 0.1) is 39.8 Å². The number of nitrogens with zero attached hydrogens (tertiary/aromatic N) is 3. The van der Waals surface area contributed by atoms with Crippen molar-refractivity contribution in [3.63, 3.8) is 0 Å². The minimum atomic E-state index is -0.918. The van der Waals surface area contributed by atoms with E-state index in [9.17, 15) is 9.90 Å². The molecule has 5 nitrogen and oxygen atoms in total. The van der Waals surface area contributed by atoms with Crippen LogP contribution in [-0.2, 0) is 0 Å². The van der Waals surface area contributed by atoms with Crippen LogP contribution in [0.1, 0.15) is 42.7 Å². The molecule has 0 saturated carbocycles. The number of likely N-dealkylation sites (tertiary alicyclic amines) is 1. The molecule has 2 heterocycles. The molecule has 0 spiro atoms. The molecule has 128 valence electrons. The fourth-order valence-electron chi connectivity index (χ4n) is 3.38.